The normalized spacial score (nSPS) is 37.4. The molecule has 174 valence electrons. The zero-order valence-electron chi connectivity index (χ0n) is 17.0. The van der Waals surface area contributed by atoms with Crippen molar-refractivity contribution in [2.75, 3.05) is 32.8 Å². The molecule has 3 rings (SSSR count). The highest BCUT2D eigenvalue weighted by Gasteiger charge is 2.44. The summed E-state index contributed by atoms with van der Waals surface area (Å²) >= 11 is 0. The van der Waals surface area contributed by atoms with Crippen LogP contribution in [0.4, 0.5) is 13.2 Å². The van der Waals surface area contributed by atoms with Gasteiger partial charge >= 0.3 is 6.18 Å². The lowest BCUT2D eigenvalue weighted by Crippen LogP contribution is -2.63. The number of alkyl halides is 3. The Hall–Kier alpha value is -0.940. The van der Waals surface area contributed by atoms with E-state index in [4.69, 9.17) is 0 Å². The van der Waals surface area contributed by atoms with Gasteiger partial charge in [-0.15, -0.1) is 0 Å². The molecule has 10 heteroatoms. The van der Waals surface area contributed by atoms with E-state index in [0.29, 0.717) is 32.5 Å². The van der Waals surface area contributed by atoms with Crippen LogP contribution >= 0.6 is 0 Å². The van der Waals surface area contributed by atoms with E-state index in [1.807, 2.05) is 0 Å². The van der Waals surface area contributed by atoms with Crippen LogP contribution in [0.5, 0.6) is 0 Å². The Bertz CT molecular complexity index is 577. The summed E-state index contributed by atoms with van der Waals surface area (Å²) in [5, 5.41) is 39.4. The van der Waals surface area contributed by atoms with Crippen molar-refractivity contribution in [1.29, 1.82) is 0 Å². The second kappa shape index (κ2) is 9.68. The number of carbonyl (C=O) groups is 1. The third kappa shape index (κ3) is 5.27. The first-order chi connectivity index (χ1) is 14.1. The van der Waals surface area contributed by atoms with Crippen LogP contribution in [0.3, 0.4) is 0 Å². The number of β-amino-alcohol motifs (C(OH)–C–C–N with tert-alkyl or cyclic N) is 1. The minimum absolute atomic E-state index is 0.0182. The molecule has 1 amide bonds. The number of hydrogen-bond donors (Lipinski definition) is 4. The molecule has 1 aliphatic carbocycles. The van der Waals surface area contributed by atoms with E-state index < -0.39 is 36.4 Å². The van der Waals surface area contributed by atoms with Crippen LogP contribution < -0.4 is 0 Å². The third-order valence-electron chi connectivity index (χ3n) is 7.17. The molecular weight excluding hydrogens is 405 g/mol. The fraction of sp³-hybridized carbons (Fsp3) is 0.950. The lowest BCUT2D eigenvalue weighted by Gasteiger charge is -2.45. The second-order valence-corrected chi connectivity index (χ2v) is 9.11. The Morgan fingerprint density at radius 3 is 2.07 bits per heavy atom. The average molecular weight is 438 g/mol. The van der Waals surface area contributed by atoms with Gasteiger partial charge in [0, 0.05) is 32.1 Å². The predicted molar refractivity (Wildman–Crippen MR) is 101 cm³/mol. The number of aliphatic hydroxyl groups is 4. The Balaban J connectivity index is 1.46. The van der Waals surface area contributed by atoms with Gasteiger partial charge in [-0.1, -0.05) is 0 Å². The van der Waals surface area contributed by atoms with Crippen LogP contribution in [-0.2, 0) is 4.79 Å². The topological polar surface area (TPSA) is 104 Å². The van der Waals surface area contributed by atoms with E-state index in [9.17, 15) is 38.4 Å². The Labute approximate surface area is 174 Å². The van der Waals surface area contributed by atoms with Crippen LogP contribution in [0.25, 0.3) is 0 Å². The second-order valence-electron chi connectivity index (χ2n) is 9.11. The largest absolute Gasteiger partial charge is 0.395 e. The third-order valence-corrected chi connectivity index (χ3v) is 7.17. The molecule has 0 unspecified atom stereocenters. The molecule has 0 bridgehead atoms. The van der Waals surface area contributed by atoms with Crippen molar-refractivity contribution < 1.29 is 38.4 Å². The molecule has 0 radical (unpaired) electrons. The lowest BCUT2D eigenvalue weighted by atomic mass is 9.80. The number of hydrogen-bond acceptors (Lipinski definition) is 6. The van der Waals surface area contributed by atoms with E-state index in [0.717, 1.165) is 0 Å². The van der Waals surface area contributed by atoms with Crippen molar-refractivity contribution in [2.24, 2.45) is 17.8 Å². The van der Waals surface area contributed by atoms with Crippen LogP contribution in [0, 0.1) is 17.8 Å². The van der Waals surface area contributed by atoms with Gasteiger partial charge in [0.05, 0.1) is 24.7 Å². The summed E-state index contributed by atoms with van der Waals surface area (Å²) in [6, 6.07) is -0.646. The first-order valence-electron chi connectivity index (χ1n) is 10.9. The zero-order chi connectivity index (χ0) is 22.1. The molecular formula is C20H33F3N2O5. The fourth-order valence-corrected chi connectivity index (χ4v) is 5.18. The van der Waals surface area contributed by atoms with Crippen molar-refractivity contribution in [3.8, 4) is 0 Å². The maximum Gasteiger partial charge on any atom is 0.391 e. The lowest BCUT2D eigenvalue weighted by molar-refractivity contribution is -0.185. The monoisotopic (exact) mass is 438 g/mol. The Morgan fingerprint density at radius 1 is 0.933 bits per heavy atom. The van der Waals surface area contributed by atoms with Gasteiger partial charge in [-0.2, -0.15) is 13.2 Å². The highest BCUT2D eigenvalue weighted by atomic mass is 19.4. The average Bonchev–Trinajstić information content (AvgIpc) is 2.72. The van der Waals surface area contributed by atoms with Gasteiger partial charge in [-0.25, -0.2) is 0 Å². The van der Waals surface area contributed by atoms with Gasteiger partial charge in [-0.3, -0.25) is 9.69 Å². The standard InChI is InChI=1S/C20H33F3N2O5/c21-20(22,23)14-3-1-13(2-4-14)19(30)24-7-5-12(6-8-24)9-25-10-16(27)18(29)17(28)15(25)11-26/h12-18,26-29H,1-11H2/t13?,14?,15-,16-,17+,18+/m0/s1. The summed E-state index contributed by atoms with van der Waals surface area (Å²) in [5.74, 6) is -1.46. The highest BCUT2D eigenvalue weighted by Crippen LogP contribution is 2.40. The molecule has 0 aromatic heterocycles. The fourth-order valence-electron chi connectivity index (χ4n) is 5.18. The van der Waals surface area contributed by atoms with Gasteiger partial charge in [-0.05, 0) is 44.4 Å². The molecule has 4 N–H and O–H groups in total. The molecule has 3 fully saturated rings. The molecule has 2 saturated heterocycles. The summed E-state index contributed by atoms with van der Waals surface area (Å²) in [7, 11) is 0. The molecule has 4 atom stereocenters. The van der Waals surface area contributed by atoms with Crippen LogP contribution in [0.15, 0.2) is 0 Å². The summed E-state index contributed by atoms with van der Waals surface area (Å²) < 4.78 is 38.5. The summed E-state index contributed by atoms with van der Waals surface area (Å²) in [4.78, 5) is 16.3. The number of carbonyl (C=O) groups excluding carboxylic acids is 1. The number of rotatable bonds is 4. The number of nitrogens with zero attached hydrogens (tertiary/aromatic N) is 2. The molecule has 2 aliphatic heterocycles. The predicted octanol–water partition coefficient (Wildman–Crippen LogP) is 0.353. The van der Waals surface area contributed by atoms with Crippen molar-refractivity contribution in [3.05, 3.63) is 0 Å². The number of piperidine rings is 2. The summed E-state index contributed by atoms with van der Waals surface area (Å²) in [6.45, 7) is 1.43. The van der Waals surface area contributed by atoms with Crippen molar-refractivity contribution >= 4 is 5.91 Å². The van der Waals surface area contributed by atoms with E-state index in [2.05, 4.69) is 0 Å². The first-order valence-corrected chi connectivity index (χ1v) is 10.9. The molecule has 3 aliphatic rings. The van der Waals surface area contributed by atoms with Crippen molar-refractivity contribution in [3.63, 3.8) is 0 Å². The van der Waals surface area contributed by atoms with Crippen LogP contribution in [0.2, 0.25) is 0 Å². The van der Waals surface area contributed by atoms with Gasteiger partial charge in [0.1, 0.15) is 12.2 Å². The molecule has 0 spiro atoms. The van der Waals surface area contributed by atoms with E-state index in [-0.39, 0.29) is 56.6 Å². The van der Waals surface area contributed by atoms with Gasteiger partial charge in [0.15, 0.2) is 0 Å². The smallest absolute Gasteiger partial charge is 0.391 e. The SMILES string of the molecule is O=C(C1CCC(C(F)(F)F)CC1)N1CCC(CN2C[C@H](O)[C@@H](O)[C@H](O)[C@@H]2CO)CC1. The number of halogens is 3. The highest BCUT2D eigenvalue weighted by molar-refractivity contribution is 5.79. The van der Waals surface area contributed by atoms with E-state index in [1.165, 1.54) is 0 Å². The Kier molecular flexibility index (Phi) is 7.66. The minimum atomic E-state index is -4.18. The van der Waals surface area contributed by atoms with Gasteiger partial charge in [0.25, 0.3) is 0 Å². The van der Waals surface area contributed by atoms with Crippen LogP contribution in [-0.4, -0.2) is 99.4 Å². The molecule has 7 nitrogen and oxygen atoms in total. The quantitative estimate of drug-likeness (QED) is 0.505. The number of likely N-dealkylation sites (tertiary alicyclic amines) is 2. The molecule has 0 aromatic carbocycles. The molecule has 30 heavy (non-hydrogen) atoms. The molecule has 0 aromatic rings. The van der Waals surface area contributed by atoms with Crippen molar-refractivity contribution in [2.45, 2.75) is 69.1 Å². The van der Waals surface area contributed by atoms with E-state index >= 15 is 0 Å². The first kappa shape index (κ1) is 23.7. The number of aliphatic hydroxyl groups excluding tert-OH is 4. The minimum Gasteiger partial charge on any atom is -0.395 e. The van der Waals surface area contributed by atoms with Gasteiger partial charge < -0.3 is 25.3 Å². The zero-order valence-corrected chi connectivity index (χ0v) is 17.0. The summed E-state index contributed by atoms with van der Waals surface area (Å²) in [6.07, 6.45) is -5.74. The maximum atomic E-state index is 12.8. The number of amides is 1. The molecule has 1 saturated carbocycles. The maximum absolute atomic E-state index is 12.8. The van der Waals surface area contributed by atoms with Gasteiger partial charge in [0.2, 0.25) is 5.91 Å². The van der Waals surface area contributed by atoms with Crippen molar-refractivity contribution in [1.82, 2.24) is 9.80 Å². The molecule has 2 heterocycles. The van der Waals surface area contributed by atoms with Crippen LogP contribution in [0.1, 0.15) is 38.5 Å². The van der Waals surface area contributed by atoms with E-state index in [1.54, 1.807) is 9.80 Å². The Morgan fingerprint density at radius 2 is 1.53 bits per heavy atom. The summed E-state index contributed by atoms with van der Waals surface area (Å²) in [5.41, 5.74) is 0.